The maximum atomic E-state index is 12.3. The quantitative estimate of drug-likeness (QED) is 0.490. The predicted molar refractivity (Wildman–Crippen MR) is 67.6 cm³/mol. The van der Waals surface area contributed by atoms with Crippen molar-refractivity contribution in [2.45, 2.75) is 23.4 Å². The van der Waals surface area contributed by atoms with Gasteiger partial charge in [0, 0.05) is 24.5 Å². The number of rotatable bonds is 6. The lowest BCUT2D eigenvalue weighted by molar-refractivity contribution is -0.137. The topological polar surface area (TPSA) is 24.9 Å². The number of alkyl halides is 3. The molecule has 1 aromatic heterocycles. The van der Waals surface area contributed by atoms with Crippen LogP contribution in [0.25, 0.3) is 0 Å². The molecule has 6 heteroatoms. The number of nitrogens with zero attached hydrogens (tertiary/aromatic N) is 1. The fourth-order valence-corrected chi connectivity index (χ4v) is 2.13. The first-order valence-electron chi connectivity index (χ1n) is 5.45. The number of nitrogens with one attached hydrogen (secondary N) is 1. The standard InChI is InChI=1S/C12H15F3N2S/c1-3-6-16-7-9(2)18-11-5-4-10(8-17-11)12(13,14)15/h3-5,8-9,16H,1,6-7H2,2H3. The zero-order valence-electron chi connectivity index (χ0n) is 10.00. The number of aromatic nitrogens is 1. The Morgan fingerprint density at radius 3 is 2.72 bits per heavy atom. The van der Waals surface area contributed by atoms with Crippen LogP contribution in [0.4, 0.5) is 13.2 Å². The van der Waals surface area contributed by atoms with Gasteiger partial charge in [-0.05, 0) is 12.1 Å². The summed E-state index contributed by atoms with van der Waals surface area (Å²) in [6.45, 7) is 7.04. The van der Waals surface area contributed by atoms with Crippen LogP contribution in [-0.4, -0.2) is 23.3 Å². The van der Waals surface area contributed by atoms with Crippen LogP contribution in [-0.2, 0) is 6.18 Å². The Labute approximate surface area is 109 Å². The van der Waals surface area contributed by atoms with Crippen molar-refractivity contribution in [3.63, 3.8) is 0 Å². The monoisotopic (exact) mass is 276 g/mol. The molecule has 1 unspecified atom stereocenters. The van der Waals surface area contributed by atoms with E-state index in [-0.39, 0.29) is 5.25 Å². The molecule has 0 aliphatic rings. The molecular formula is C12H15F3N2S. The summed E-state index contributed by atoms with van der Waals surface area (Å²) in [5.41, 5.74) is -0.718. The second kappa shape index (κ2) is 6.80. The molecule has 2 nitrogen and oxygen atoms in total. The molecule has 1 atom stereocenters. The molecule has 0 fully saturated rings. The average Bonchev–Trinajstić information content (AvgIpc) is 2.29. The summed E-state index contributed by atoms with van der Waals surface area (Å²) in [5.74, 6) is 0. The van der Waals surface area contributed by atoms with Crippen molar-refractivity contribution in [2.75, 3.05) is 13.1 Å². The molecule has 1 N–H and O–H groups in total. The highest BCUT2D eigenvalue weighted by atomic mass is 32.2. The van der Waals surface area contributed by atoms with Crippen molar-refractivity contribution in [3.8, 4) is 0 Å². The SMILES string of the molecule is C=CCNCC(C)Sc1ccc(C(F)(F)F)cn1. The van der Waals surface area contributed by atoms with Crippen LogP contribution in [0, 0.1) is 0 Å². The second-order valence-corrected chi connectivity index (χ2v) is 5.22. The zero-order valence-corrected chi connectivity index (χ0v) is 10.8. The van der Waals surface area contributed by atoms with Gasteiger partial charge >= 0.3 is 6.18 Å². The third-order valence-corrected chi connectivity index (χ3v) is 3.16. The van der Waals surface area contributed by atoms with Gasteiger partial charge in [0.05, 0.1) is 10.6 Å². The first kappa shape index (κ1) is 15.0. The molecule has 0 saturated heterocycles. The second-order valence-electron chi connectivity index (χ2n) is 3.76. The molecule has 0 spiro atoms. The van der Waals surface area contributed by atoms with Gasteiger partial charge in [-0.15, -0.1) is 18.3 Å². The minimum atomic E-state index is -4.33. The van der Waals surface area contributed by atoms with E-state index in [1.54, 1.807) is 6.08 Å². The van der Waals surface area contributed by atoms with Crippen LogP contribution in [0.3, 0.4) is 0 Å². The van der Waals surface area contributed by atoms with E-state index in [1.165, 1.54) is 17.8 Å². The van der Waals surface area contributed by atoms with E-state index in [0.29, 0.717) is 11.6 Å². The number of pyridine rings is 1. The fourth-order valence-electron chi connectivity index (χ4n) is 1.25. The number of halogens is 3. The molecule has 100 valence electrons. The summed E-state index contributed by atoms with van der Waals surface area (Å²) in [7, 11) is 0. The van der Waals surface area contributed by atoms with Crippen molar-refractivity contribution in [1.82, 2.24) is 10.3 Å². The molecule has 0 radical (unpaired) electrons. The number of hydrogen-bond acceptors (Lipinski definition) is 3. The highest BCUT2D eigenvalue weighted by Gasteiger charge is 2.30. The Balaban J connectivity index is 2.50. The molecular weight excluding hydrogens is 261 g/mol. The Bertz CT molecular complexity index is 376. The average molecular weight is 276 g/mol. The molecule has 0 aliphatic carbocycles. The van der Waals surface area contributed by atoms with Crippen LogP contribution >= 0.6 is 11.8 Å². The highest BCUT2D eigenvalue weighted by Crippen LogP contribution is 2.30. The van der Waals surface area contributed by atoms with Gasteiger partial charge < -0.3 is 5.32 Å². The van der Waals surface area contributed by atoms with Gasteiger partial charge in [0.2, 0.25) is 0 Å². The van der Waals surface area contributed by atoms with Crippen LogP contribution in [0.1, 0.15) is 12.5 Å². The normalized spacial score (nSPS) is 13.3. The number of thioether (sulfide) groups is 1. The molecule has 0 amide bonds. The van der Waals surface area contributed by atoms with Gasteiger partial charge in [-0.1, -0.05) is 13.0 Å². The molecule has 0 aromatic carbocycles. The van der Waals surface area contributed by atoms with E-state index in [4.69, 9.17) is 0 Å². The summed E-state index contributed by atoms with van der Waals surface area (Å²) in [5, 5.41) is 3.97. The fraction of sp³-hybridized carbons (Fsp3) is 0.417. The molecule has 1 rings (SSSR count). The van der Waals surface area contributed by atoms with E-state index in [0.717, 1.165) is 18.8 Å². The van der Waals surface area contributed by atoms with Crippen molar-refractivity contribution >= 4 is 11.8 Å². The maximum Gasteiger partial charge on any atom is 0.417 e. The third-order valence-electron chi connectivity index (χ3n) is 2.11. The first-order chi connectivity index (χ1) is 8.43. The molecule has 0 bridgehead atoms. The lowest BCUT2D eigenvalue weighted by Crippen LogP contribution is -2.22. The van der Waals surface area contributed by atoms with Gasteiger partial charge in [0.25, 0.3) is 0 Å². The van der Waals surface area contributed by atoms with E-state index in [9.17, 15) is 13.2 Å². The Morgan fingerprint density at radius 2 is 2.22 bits per heavy atom. The van der Waals surface area contributed by atoms with Crippen LogP contribution < -0.4 is 5.32 Å². The maximum absolute atomic E-state index is 12.3. The summed E-state index contributed by atoms with van der Waals surface area (Å²) >= 11 is 1.44. The van der Waals surface area contributed by atoms with Crippen molar-refractivity contribution in [3.05, 3.63) is 36.5 Å². The van der Waals surface area contributed by atoms with Gasteiger partial charge in [-0.3, -0.25) is 0 Å². The van der Waals surface area contributed by atoms with Gasteiger partial charge in [-0.2, -0.15) is 13.2 Å². The molecule has 1 aromatic rings. The van der Waals surface area contributed by atoms with E-state index >= 15 is 0 Å². The van der Waals surface area contributed by atoms with Gasteiger partial charge in [0.15, 0.2) is 0 Å². The Morgan fingerprint density at radius 1 is 1.50 bits per heavy atom. The summed E-state index contributed by atoms with van der Waals surface area (Å²) in [4.78, 5) is 3.81. The molecule has 18 heavy (non-hydrogen) atoms. The lowest BCUT2D eigenvalue weighted by Gasteiger charge is -2.11. The third kappa shape index (κ3) is 5.10. The zero-order chi connectivity index (χ0) is 13.6. The van der Waals surface area contributed by atoms with E-state index < -0.39 is 11.7 Å². The minimum Gasteiger partial charge on any atom is -0.312 e. The highest BCUT2D eigenvalue weighted by molar-refractivity contribution is 7.99. The minimum absolute atomic E-state index is 0.231. The molecule has 0 saturated carbocycles. The van der Waals surface area contributed by atoms with Gasteiger partial charge in [0.1, 0.15) is 0 Å². The summed E-state index contributed by atoms with van der Waals surface area (Å²) < 4.78 is 37.0. The summed E-state index contributed by atoms with van der Waals surface area (Å²) in [6, 6.07) is 2.46. The van der Waals surface area contributed by atoms with Crippen LogP contribution in [0.5, 0.6) is 0 Å². The van der Waals surface area contributed by atoms with Gasteiger partial charge in [-0.25, -0.2) is 4.98 Å². The van der Waals surface area contributed by atoms with E-state index in [2.05, 4.69) is 16.9 Å². The van der Waals surface area contributed by atoms with Crippen LogP contribution in [0.2, 0.25) is 0 Å². The summed E-state index contributed by atoms with van der Waals surface area (Å²) in [6.07, 6.45) is -1.70. The molecule has 0 aliphatic heterocycles. The Hall–Kier alpha value is -1.01. The van der Waals surface area contributed by atoms with Crippen molar-refractivity contribution < 1.29 is 13.2 Å². The smallest absolute Gasteiger partial charge is 0.312 e. The van der Waals surface area contributed by atoms with Crippen molar-refractivity contribution in [1.29, 1.82) is 0 Å². The van der Waals surface area contributed by atoms with Crippen molar-refractivity contribution in [2.24, 2.45) is 0 Å². The Kier molecular flexibility index (Phi) is 5.68. The first-order valence-corrected chi connectivity index (χ1v) is 6.33. The predicted octanol–water partition coefficient (Wildman–Crippen LogP) is 3.36. The lowest BCUT2D eigenvalue weighted by atomic mass is 10.3. The van der Waals surface area contributed by atoms with Crippen LogP contribution in [0.15, 0.2) is 36.0 Å². The number of hydrogen-bond donors (Lipinski definition) is 1. The molecule has 1 heterocycles. The van der Waals surface area contributed by atoms with E-state index in [1.807, 2.05) is 6.92 Å². The largest absolute Gasteiger partial charge is 0.417 e.